The van der Waals surface area contributed by atoms with Crippen LogP contribution in [0.3, 0.4) is 0 Å². The first-order chi connectivity index (χ1) is 15.7. The van der Waals surface area contributed by atoms with E-state index in [2.05, 4.69) is 24.5 Å². The quantitative estimate of drug-likeness (QED) is 0.153. The van der Waals surface area contributed by atoms with Crippen LogP contribution in [0.15, 0.2) is 0 Å². The second kappa shape index (κ2) is 10.4. The van der Waals surface area contributed by atoms with Crippen molar-refractivity contribution in [1.82, 2.24) is 16.1 Å². The molecule has 6 nitrogen and oxygen atoms in total. The van der Waals surface area contributed by atoms with Gasteiger partial charge in [0.2, 0.25) is 5.91 Å². The van der Waals surface area contributed by atoms with E-state index in [-0.39, 0.29) is 11.4 Å². The summed E-state index contributed by atoms with van der Waals surface area (Å²) in [4.78, 5) is 11.0. The van der Waals surface area contributed by atoms with Gasteiger partial charge in [0.1, 0.15) is 0 Å². The maximum absolute atomic E-state index is 11.0. The van der Waals surface area contributed by atoms with Gasteiger partial charge in [-0.15, -0.1) is 0 Å². The number of hydrogen-bond donors (Lipinski definition) is 4. The Balaban J connectivity index is 1.11. The summed E-state index contributed by atoms with van der Waals surface area (Å²) in [5.41, 5.74) is 2.90. The number of ether oxygens (including phenoxy) is 1. The van der Waals surface area contributed by atoms with Crippen LogP contribution in [0.4, 0.5) is 0 Å². The molecule has 4 N–H and O–H groups in total. The summed E-state index contributed by atoms with van der Waals surface area (Å²) >= 11 is 5.82. The summed E-state index contributed by atoms with van der Waals surface area (Å²) in [7, 11) is 0. The van der Waals surface area contributed by atoms with E-state index in [4.69, 9.17) is 22.2 Å². The highest BCUT2D eigenvalue weighted by Crippen LogP contribution is 2.66. The molecule has 0 unspecified atom stereocenters. The molecule has 0 aromatic carbocycles. The molecule has 188 valence electrons. The van der Waals surface area contributed by atoms with Crippen molar-refractivity contribution in [3.63, 3.8) is 0 Å². The van der Waals surface area contributed by atoms with E-state index < -0.39 is 0 Å². The van der Waals surface area contributed by atoms with E-state index in [1.807, 2.05) is 0 Å². The first-order valence-corrected chi connectivity index (χ1v) is 13.7. The number of nitrogens with one attached hydrogen (secondary N) is 3. The lowest BCUT2D eigenvalue weighted by molar-refractivity contribution is -0.129. The van der Waals surface area contributed by atoms with Gasteiger partial charge in [-0.1, -0.05) is 26.7 Å². The number of hydrogen-bond acceptors (Lipinski definition) is 4. The van der Waals surface area contributed by atoms with Crippen LogP contribution in [0.2, 0.25) is 0 Å². The predicted octanol–water partition coefficient (Wildman–Crippen LogP) is 4.98. The number of rotatable bonds is 10. The Kier molecular flexibility index (Phi) is 7.91. The molecule has 0 spiro atoms. The van der Waals surface area contributed by atoms with Crippen molar-refractivity contribution in [1.29, 1.82) is 0 Å². The van der Waals surface area contributed by atoms with Crippen LogP contribution in [0.25, 0.3) is 0 Å². The van der Waals surface area contributed by atoms with Gasteiger partial charge in [0.15, 0.2) is 5.11 Å². The lowest BCUT2D eigenvalue weighted by Crippen LogP contribution is -2.66. The maximum atomic E-state index is 11.0. The van der Waals surface area contributed by atoms with E-state index >= 15 is 0 Å². The Morgan fingerprint density at radius 3 is 2.27 bits per heavy atom. The molecule has 5 aliphatic rings. The molecule has 0 saturated heterocycles. The maximum Gasteiger partial charge on any atom is 0.243 e. The van der Waals surface area contributed by atoms with Gasteiger partial charge in [0.05, 0.1) is 6.10 Å². The fourth-order valence-corrected chi connectivity index (χ4v) is 8.85. The lowest BCUT2D eigenvalue weighted by atomic mass is 9.43. The Labute approximate surface area is 205 Å². The van der Waals surface area contributed by atoms with Crippen molar-refractivity contribution in [2.75, 3.05) is 6.61 Å². The molecule has 5 saturated carbocycles. The second-order valence-corrected chi connectivity index (χ2v) is 13.0. The zero-order valence-corrected chi connectivity index (χ0v) is 21.5. The van der Waals surface area contributed by atoms with Gasteiger partial charge in [-0.25, -0.2) is 5.48 Å². The molecule has 0 heterocycles. The third-order valence-electron chi connectivity index (χ3n) is 8.79. The van der Waals surface area contributed by atoms with Crippen molar-refractivity contribution < 1.29 is 14.7 Å². The third kappa shape index (κ3) is 6.61. The summed E-state index contributed by atoms with van der Waals surface area (Å²) in [6.07, 6.45) is 17.2. The zero-order valence-electron chi connectivity index (χ0n) is 20.7. The van der Waals surface area contributed by atoms with Gasteiger partial charge >= 0.3 is 0 Å². The molecule has 2 atom stereocenters. The Bertz CT molecular complexity index is 691. The average Bonchev–Trinajstić information content (AvgIpc) is 2.70. The van der Waals surface area contributed by atoms with Crippen LogP contribution < -0.4 is 16.1 Å². The number of unbranched alkanes of at least 4 members (excludes halogenated alkanes) is 3. The normalized spacial score (nSPS) is 39.3. The molecular weight excluding hydrogens is 434 g/mol. The van der Waals surface area contributed by atoms with Crippen LogP contribution in [0.5, 0.6) is 0 Å². The summed E-state index contributed by atoms with van der Waals surface area (Å²) in [6.45, 7) is 5.83. The molecule has 4 bridgehead atoms. The Morgan fingerprint density at radius 2 is 1.64 bits per heavy atom. The first-order valence-electron chi connectivity index (χ1n) is 13.3. The van der Waals surface area contributed by atoms with Crippen molar-refractivity contribution in [2.24, 2.45) is 16.7 Å². The van der Waals surface area contributed by atoms with Gasteiger partial charge in [0.25, 0.3) is 0 Å². The number of amides is 1. The summed E-state index contributed by atoms with van der Waals surface area (Å²) in [6, 6.07) is 0.461. The molecule has 0 radical (unpaired) electrons. The van der Waals surface area contributed by atoms with Crippen LogP contribution >= 0.6 is 12.2 Å². The number of carbonyl (C=O) groups excluding carboxylic acids is 1. The standard InChI is InChI=1S/C26H45N3O3S/c1-24-13-19-14-25(2,16-24)18-26(15-19,17-24)28-23(33)27-20-8-10-21(11-9-20)32-12-6-4-3-5-7-22(30)29-31/h19-21,31H,3-18H2,1-2H3,(H,29,30)(H2,27,28,33)/t19?,20?,21?,24-,25-,26?/m1/s1. The minimum absolute atomic E-state index is 0.217. The number of carbonyl (C=O) groups is 1. The molecule has 5 fully saturated rings. The fraction of sp³-hybridized carbons (Fsp3) is 0.923. The molecule has 1 amide bonds. The van der Waals surface area contributed by atoms with Crippen LogP contribution in [-0.2, 0) is 9.53 Å². The van der Waals surface area contributed by atoms with Gasteiger partial charge < -0.3 is 15.4 Å². The molecule has 33 heavy (non-hydrogen) atoms. The van der Waals surface area contributed by atoms with Crippen molar-refractivity contribution >= 4 is 23.2 Å². The lowest BCUT2D eigenvalue weighted by Gasteiger charge is -2.65. The van der Waals surface area contributed by atoms with E-state index in [0.29, 0.717) is 29.4 Å². The van der Waals surface area contributed by atoms with Gasteiger partial charge in [-0.05, 0) is 106 Å². The molecule has 7 heteroatoms. The fourth-order valence-electron chi connectivity index (χ4n) is 8.47. The van der Waals surface area contributed by atoms with Crippen molar-refractivity contribution in [3.8, 4) is 0 Å². The Morgan fingerprint density at radius 1 is 0.970 bits per heavy atom. The summed E-state index contributed by atoms with van der Waals surface area (Å²) < 4.78 is 6.10. The molecule has 0 aliphatic heterocycles. The third-order valence-corrected chi connectivity index (χ3v) is 9.01. The van der Waals surface area contributed by atoms with Crippen LogP contribution in [0, 0.1) is 16.7 Å². The van der Waals surface area contributed by atoms with E-state index in [0.717, 1.165) is 69.0 Å². The predicted molar refractivity (Wildman–Crippen MR) is 134 cm³/mol. The van der Waals surface area contributed by atoms with Crippen LogP contribution in [-0.4, -0.2) is 40.5 Å². The van der Waals surface area contributed by atoms with Crippen LogP contribution in [0.1, 0.15) is 110 Å². The minimum atomic E-state index is -0.298. The highest BCUT2D eigenvalue weighted by atomic mass is 32.1. The number of thiocarbonyl (C=S) groups is 1. The number of hydroxylamine groups is 1. The van der Waals surface area contributed by atoms with Gasteiger partial charge in [-0.3, -0.25) is 10.0 Å². The molecule has 5 rings (SSSR count). The van der Waals surface area contributed by atoms with E-state index in [1.54, 1.807) is 5.48 Å². The minimum Gasteiger partial charge on any atom is -0.378 e. The SMILES string of the molecule is C[C@]12CC3CC(NC(=S)NC4CCC(OCCCCCCC(=O)NO)CC4)(C1)C[C@](C)(C3)C2. The van der Waals surface area contributed by atoms with Crippen molar-refractivity contribution in [2.45, 2.75) is 128 Å². The summed E-state index contributed by atoms with van der Waals surface area (Å²) in [5.74, 6) is 0.576. The molecule has 0 aromatic rings. The highest BCUT2D eigenvalue weighted by molar-refractivity contribution is 7.80. The van der Waals surface area contributed by atoms with Gasteiger partial charge in [0, 0.05) is 24.6 Å². The topological polar surface area (TPSA) is 82.6 Å². The molecule has 5 aliphatic carbocycles. The zero-order chi connectivity index (χ0) is 23.5. The first kappa shape index (κ1) is 25.2. The smallest absolute Gasteiger partial charge is 0.243 e. The van der Waals surface area contributed by atoms with E-state index in [1.165, 1.54) is 38.5 Å². The largest absolute Gasteiger partial charge is 0.378 e. The highest BCUT2D eigenvalue weighted by Gasteiger charge is 2.60. The van der Waals surface area contributed by atoms with E-state index in [9.17, 15) is 4.79 Å². The van der Waals surface area contributed by atoms with Crippen molar-refractivity contribution in [3.05, 3.63) is 0 Å². The van der Waals surface area contributed by atoms with Gasteiger partial charge in [-0.2, -0.15) is 0 Å². The Hall–Kier alpha value is -0.920. The molecule has 0 aromatic heterocycles. The summed E-state index contributed by atoms with van der Waals surface area (Å²) in [5, 5.41) is 16.9. The monoisotopic (exact) mass is 479 g/mol. The second-order valence-electron chi connectivity index (χ2n) is 12.6. The molecular formula is C26H45N3O3S. The average molecular weight is 480 g/mol.